The minimum atomic E-state index is -0.281. The maximum absolute atomic E-state index is 14.1. The predicted octanol–water partition coefficient (Wildman–Crippen LogP) is 3.62. The largest absolute Gasteiger partial charge is 0.357 e. The molecule has 1 aliphatic heterocycles. The van der Waals surface area contributed by atoms with Gasteiger partial charge in [0.1, 0.15) is 0 Å². The van der Waals surface area contributed by atoms with E-state index in [0.29, 0.717) is 18.9 Å². The van der Waals surface area contributed by atoms with Crippen LogP contribution in [0.3, 0.4) is 0 Å². The summed E-state index contributed by atoms with van der Waals surface area (Å²) in [6.45, 7) is 4.82. The molecule has 0 bridgehead atoms. The predicted molar refractivity (Wildman–Crippen MR) is 122 cm³/mol. The van der Waals surface area contributed by atoms with Gasteiger partial charge in [-0.25, -0.2) is 14.4 Å². The highest BCUT2D eigenvalue weighted by molar-refractivity contribution is 5.80. The molecule has 1 unspecified atom stereocenters. The van der Waals surface area contributed by atoms with E-state index >= 15 is 0 Å². The molecule has 160 valence electrons. The molecule has 7 heteroatoms. The number of anilines is 1. The average Bonchev–Trinajstić information content (AvgIpc) is 3.27. The number of guanidine groups is 1. The van der Waals surface area contributed by atoms with Crippen molar-refractivity contribution in [2.24, 2.45) is 4.99 Å². The lowest BCUT2D eigenvalue weighted by molar-refractivity contribution is 0.612. The number of aromatic nitrogens is 2. The van der Waals surface area contributed by atoms with E-state index in [1.54, 1.807) is 18.5 Å². The van der Waals surface area contributed by atoms with Crippen LogP contribution in [-0.2, 0) is 6.54 Å². The molecule has 3 heterocycles. The smallest absolute Gasteiger partial charge is 0.191 e. The number of pyridine rings is 2. The van der Waals surface area contributed by atoms with Crippen molar-refractivity contribution in [1.82, 2.24) is 20.6 Å². The van der Waals surface area contributed by atoms with Crippen molar-refractivity contribution in [1.29, 1.82) is 0 Å². The van der Waals surface area contributed by atoms with Crippen molar-refractivity contribution in [2.75, 3.05) is 24.5 Å². The number of benzene rings is 1. The van der Waals surface area contributed by atoms with Gasteiger partial charge in [-0.05, 0) is 49.2 Å². The molecule has 0 spiro atoms. The van der Waals surface area contributed by atoms with Crippen LogP contribution in [0.1, 0.15) is 18.9 Å². The number of hydrogen-bond acceptors (Lipinski definition) is 4. The Hall–Kier alpha value is -3.48. The summed E-state index contributed by atoms with van der Waals surface area (Å²) < 4.78 is 14.1. The Morgan fingerprint density at radius 1 is 1.13 bits per heavy atom. The summed E-state index contributed by atoms with van der Waals surface area (Å²) in [6.07, 6.45) is 4.33. The zero-order valence-corrected chi connectivity index (χ0v) is 17.6. The maximum atomic E-state index is 14.1. The molecule has 0 saturated carbocycles. The van der Waals surface area contributed by atoms with Crippen molar-refractivity contribution >= 4 is 11.8 Å². The first kappa shape index (κ1) is 20.8. The molecule has 4 rings (SSSR count). The molecule has 1 aromatic carbocycles. The summed E-state index contributed by atoms with van der Waals surface area (Å²) >= 11 is 0. The number of rotatable bonds is 6. The molecular weight excluding hydrogens is 391 g/mol. The van der Waals surface area contributed by atoms with Gasteiger partial charge in [0.05, 0.1) is 12.2 Å². The SMILES string of the molecule is CCNC(=NCc1cccc(-c2ccccn2)c1)NC1CCN(c2ncccc2F)C1. The van der Waals surface area contributed by atoms with Crippen LogP contribution in [0.2, 0.25) is 0 Å². The highest BCUT2D eigenvalue weighted by Crippen LogP contribution is 2.21. The Morgan fingerprint density at radius 3 is 2.84 bits per heavy atom. The quantitative estimate of drug-likeness (QED) is 0.473. The highest BCUT2D eigenvalue weighted by Gasteiger charge is 2.25. The molecule has 3 aromatic rings. The number of hydrogen-bond donors (Lipinski definition) is 2. The normalized spacial score (nSPS) is 16.4. The lowest BCUT2D eigenvalue weighted by Gasteiger charge is -2.20. The second-order valence-corrected chi connectivity index (χ2v) is 7.50. The van der Waals surface area contributed by atoms with Gasteiger partial charge in [0, 0.05) is 43.6 Å². The minimum Gasteiger partial charge on any atom is -0.357 e. The molecule has 6 nitrogen and oxygen atoms in total. The van der Waals surface area contributed by atoms with Gasteiger partial charge in [-0.3, -0.25) is 4.98 Å². The van der Waals surface area contributed by atoms with Gasteiger partial charge in [-0.2, -0.15) is 0 Å². The van der Waals surface area contributed by atoms with Gasteiger partial charge in [0.2, 0.25) is 0 Å². The zero-order valence-electron chi connectivity index (χ0n) is 17.6. The first-order chi connectivity index (χ1) is 15.2. The Balaban J connectivity index is 1.41. The van der Waals surface area contributed by atoms with Crippen LogP contribution < -0.4 is 15.5 Å². The number of halogens is 1. The van der Waals surface area contributed by atoms with Crippen molar-refractivity contribution in [2.45, 2.75) is 25.9 Å². The molecule has 1 atom stereocenters. The van der Waals surface area contributed by atoms with Gasteiger partial charge in [0.15, 0.2) is 17.6 Å². The Kier molecular flexibility index (Phi) is 6.72. The molecule has 1 saturated heterocycles. The molecule has 2 N–H and O–H groups in total. The second-order valence-electron chi connectivity index (χ2n) is 7.50. The van der Waals surface area contributed by atoms with Crippen molar-refractivity contribution in [3.05, 3.63) is 78.4 Å². The van der Waals surface area contributed by atoms with Crippen LogP contribution in [0.4, 0.5) is 10.2 Å². The first-order valence-electron chi connectivity index (χ1n) is 10.6. The molecule has 0 aliphatic carbocycles. The molecule has 2 aromatic heterocycles. The highest BCUT2D eigenvalue weighted by atomic mass is 19.1. The summed E-state index contributed by atoms with van der Waals surface area (Å²) in [6, 6.07) is 17.4. The fraction of sp³-hybridized carbons (Fsp3) is 0.292. The number of aliphatic imine (C=N–C) groups is 1. The first-order valence-corrected chi connectivity index (χ1v) is 10.6. The lowest BCUT2D eigenvalue weighted by atomic mass is 10.1. The van der Waals surface area contributed by atoms with Gasteiger partial charge in [-0.15, -0.1) is 0 Å². The van der Waals surface area contributed by atoms with Gasteiger partial charge < -0.3 is 15.5 Å². The number of nitrogens with zero attached hydrogens (tertiary/aromatic N) is 4. The maximum Gasteiger partial charge on any atom is 0.191 e. The summed E-state index contributed by atoms with van der Waals surface area (Å²) in [7, 11) is 0. The Bertz CT molecular complexity index is 1020. The van der Waals surface area contributed by atoms with Gasteiger partial charge in [0.25, 0.3) is 0 Å². The van der Waals surface area contributed by atoms with Crippen molar-refractivity contribution < 1.29 is 4.39 Å². The van der Waals surface area contributed by atoms with E-state index in [1.165, 1.54) is 6.07 Å². The molecule has 1 aliphatic rings. The monoisotopic (exact) mass is 418 g/mol. The van der Waals surface area contributed by atoms with Gasteiger partial charge >= 0.3 is 0 Å². The summed E-state index contributed by atoms with van der Waals surface area (Å²) in [5, 5.41) is 6.80. The fourth-order valence-corrected chi connectivity index (χ4v) is 3.73. The molecule has 1 fully saturated rings. The Labute approximate surface area is 182 Å². The van der Waals surface area contributed by atoms with Crippen LogP contribution >= 0.6 is 0 Å². The average molecular weight is 419 g/mol. The molecule has 0 radical (unpaired) electrons. The minimum absolute atomic E-state index is 0.180. The van der Waals surface area contributed by atoms with Crippen LogP contribution in [-0.4, -0.2) is 41.6 Å². The van der Waals surface area contributed by atoms with E-state index < -0.39 is 0 Å². The Morgan fingerprint density at radius 2 is 2.03 bits per heavy atom. The number of nitrogens with one attached hydrogen (secondary N) is 2. The van der Waals surface area contributed by atoms with Crippen LogP contribution in [0.25, 0.3) is 11.3 Å². The topological polar surface area (TPSA) is 65.4 Å². The zero-order chi connectivity index (χ0) is 21.5. The third-order valence-corrected chi connectivity index (χ3v) is 5.22. The van der Waals surface area contributed by atoms with E-state index in [1.807, 2.05) is 36.1 Å². The van der Waals surface area contributed by atoms with Crippen molar-refractivity contribution in [3.8, 4) is 11.3 Å². The van der Waals surface area contributed by atoms with Crippen molar-refractivity contribution in [3.63, 3.8) is 0 Å². The van der Waals surface area contributed by atoms with E-state index in [-0.39, 0.29) is 11.9 Å². The van der Waals surface area contributed by atoms with E-state index in [0.717, 1.165) is 42.3 Å². The van der Waals surface area contributed by atoms with Crippen LogP contribution in [0.15, 0.2) is 72.0 Å². The third-order valence-electron chi connectivity index (χ3n) is 5.22. The summed E-state index contributed by atoms with van der Waals surface area (Å²) in [5.74, 6) is 0.899. The lowest BCUT2D eigenvalue weighted by Crippen LogP contribution is -2.44. The third kappa shape index (κ3) is 5.36. The second kappa shape index (κ2) is 10.0. The van der Waals surface area contributed by atoms with Crippen LogP contribution in [0, 0.1) is 5.82 Å². The molecule has 0 amide bonds. The summed E-state index contributed by atoms with van der Waals surface area (Å²) in [4.78, 5) is 15.4. The summed E-state index contributed by atoms with van der Waals surface area (Å²) in [5.41, 5.74) is 3.14. The van der Waals surface area contributed by atoms with Gasteiger partial charge in [-0.1, -0.05) is 24.3 Å². The van der Waals surface area contributed by atoms with E-state index in [4.69, 9.17) is 4.99 Å². The van der Waals surface area contributed by atoms with Crippen LogP contribution in [0.5, 0.6) is 0 Å². The standard InChI is InChI=1S/C24H27FN6/c1-2-26-24(30-20-11-14-31(17-20)23-21(25)9-6-13-28-23)29-16-18-7-5-8-19(15-18)22-10-3-4-12-27-22/h3-10,12-13,15,20H,2,11,14,16-17H2,1H3,(H2,26,29,30). The van der Waals surface area contributed by atoms with E-state index in [2.05, 4.69) is 38.8 Å². The van der Waals surface area contributed by atoms with E-state index in [9.17, 15) is 4.39 Å². The molecular formula is C24H27FN6. The molecule has 31 heavy (non-hydrogen) atoms. The fourth-order valence-electron chi connectivity index (χ4n) is 3.73.